The van der Waals surface area contributed by atoms with E-state index in [4.69, 9.17) is 11.5 Å². The third-order valence-electron chi connectivity index (χ3n) is 5.95. The fourth-order valence-electron chi connectivity index (χ4n) is 4.37. The number of benzene rings is 2. The number of rotatable bonds is 5. The number of anilines is 2. The molecule has 128 valence electrons. The van der Waals surface area contributed by atoms with Crippen LogP contribution < -0.4 is 11.5 Å². The van der Waals surface area contributed by atoms with E-state index < -0.39 is 0 Å². The zero-order valence-corrected chi connectivity index (χ0v) is 14.8. The number of nitrogens with two attached hydrogens (primary N) is 2. The maximum atomic E-state index is 5.86. The molecule has 0 radical (unpaired) electrons. The van der Waals surface area contributed by atoms with Crippen LogP contribution in [0.25, 0.3) is 0 Å². The van der Waals surface area contributed by atoms with Gasteiger partial charge >= 0.3 is 0 Å². The summed E-state index contributed by atoms with van der Waals surface area (Å²) in [6, 6.07) is 16.9. The lowest BCUT2D eigenvalue weighted by atomic mass is 9.62. The fourth-order valence-corrected chi connectivity index (χ4v) is 4.37. The lowest BCUT2D eigenvalue weighted by molar-refractivity contribution is 0.106. The minimum atomic E-state index is 0.412. The summed E-state index contributed by atoms with van der Waals surface area (Å²) in [7, 11) is 0. The van der Waals surface area contributed by atoms with Gasteiger partial charge in [0.2, 0.25) is 0 Å². The molecule has 1 aliphatic carbocycles. The smallest absolute Gasteiger partial charge is 0.0314 e. The van der Waals surface area contributed by atoms with Gasteiger partial charge in [-0.05, 0) is 72.4 Å². The molecule has 1 aliphatic rings. The molecular formula is C22H30N2. The first-order valence-corrected chi connectivity index (χ1v) is 9.26. The Labute approximate surface area is 146 Å². The van der Waals surface area contributed by atoms with E-state index in [0.29, 0.717) is 11.3 Å². The van der Waals surface area contributed by atoms with Crippen molar-refractivity contribution in [3.63, 3.8) is 0 Å². The number of hydrogen-bond donors (Lipinski definition) is 2. The summed E-state index contributed by atoms with van der Waals surface area (Å²) in [6.45, 7) is 2.44. The SMILES string of the molecule is CC(Cc1ccc(N)cc1)C1(Cc2ccc(N)cc2)CCCCC1. The van der Waals surface area contributed by atoms with Gasteiger partial charge in [-0.25, -0.2) is 0 Å². The molecule has 3 rings (SSSR count). The normalized spacial score (nSPS) is 18.2. The molecule has 0 heterocycles. The van der Waals surface area contributed by atoms with Crippen LogP contribution in [0.2, 0.25) is 0 Å². The quantitative estimate of drug-likeness (QED) is 0.741. The summed E-state index contributed by atoms with van der Waals surface area (Å²) >= 11 is 0. The molecule has 1 fully saturated rings. The highest BCUT2D eigenvalue weighted by molar-refractivity contribution is 5.40. The molecule has 1 atom stereocenters. The van der Waals surface area contributed by atoms with Crippen LogP contribution in [0.4, 0.5) is 11.4 Å². The van der Waals surface area contributed by atoms with Crippen molar-refractivity contribution in [1.29, 1.82) is 0 Å². The monoisotopic (exact) mass is 322 g/mol. The molecule has 2 heteroatoms. The van der Waals surface area contributed by atoms with E-state index in [9.17, 15) is 0 Å². The van der Waals surface area contributed by atoms with Crippen LogP contribution in [0.3, 0.4) is 0 Å². The van der Waals surface area contributed by atoms with Crippen LogP contribution in [0.15, 0.2) is 48.5 Å². The second-order valence-corrected chi connectivity index (χ2v) is 7.69. The van der Waals surface area contributed by atoms with Crippen molar-refractivity contribution in [1.82, 2.24) is 0 Å². The molecule has 0 aromatic heterocycles. The highest BCUT2D eigenvalue weighted by Gasteiger charge is 2.37. The maximum absolute atomic E-state index is 5.86. The molecule has 24 heavy (non-hydrogen) atoms. The molecule has 0 amide bonds. The number of nitrogen functional groups attached to an aromatic ring is 2. The maximum Gasteiger partial charge on any atom is 0.0314 e. The van der Waals surface area contributed by atoms with Crippen molar-refractivity contribution in [3.05, 3.63) is 59.7 Å². The minimum absolute atomic E-state index is 0.412. The highest BCUT2D eigenvalue weighted by Crippen LogP contribution is 2.46. The third-order valence-corrected chi connectivity index (χ3v) is 5.95. The number of hydrogen-bond acceptors (Lipinski definition) is 2. The molecule has 4 N–H and O–H groups in total. The van der Waals surface area contributed by atoms with Gasteiger partial charge in [-0.2, -0.15) is 0 Å². The Morgan fingerprint density at radius 1 is 0.792 bits per heavy atom. The van der Waals surface area contributed by atoms with Crippen molar-refractivity contribution in [2.45, 2.75) is 51.9 Å². The Morgan fingerprint density at radius 2 is 1.29 bits per heavy atom. The van der Waals surface area contributed by atoms with E-state index in [1.165, 1.54) is 49.7 Å². The lowest BCUT2D eigenvalue weighted by Gasteiger charge is -2.43. The first-order valence-electron chi connectivity index (χ1n) is 9.26. The van der Waals surface area contributed by atoms with Crippen molar-refractivity contribution in [2.75, 3.05) is 11.5 Å². The Morgan fingerprint density at radius 3 is 1.83 bits per heavy atom. The predicted octanol–water partition coefficient (Wildman–Crippen LogP) is 5.22. The van der Waals surface area contributed by atoms with Gasteiger partial charge in [0.25, 0.3) is 0 Å². The van der Waals surface area contributed by atoms with Crippen LogP contribution in [0, 0.1) is 11.3 Å². The fraction of sp³-hybridized carbons (Fsp3) is 0.455. The molecule has 0 spiro atoms. The third kappa shape index (κ3) is 3.92. The first kappa shape index (κ1) is 16.9. The van der Waals surface area contributed by atoms with Crippen LogP contribution in [-0.2, 0) is 12.8 Å². The van der Waals surface area contributed by atoms with Gasteiger partial charge in [0.1, 0.15) is 0 Å². The van der Waals surface area contributed by atoms with E-state index in [2.05, 4.69) is 31.2 Å². The Kier molecular flexibility index (Phi) is 5.13. The van der Waals surface area contributed by atoms with E-state index >= 15 is 0 Å². The van der Waals surface area contributed by atoms with E-state index in [-0.39, 0.29) is 0 Å². The zero-order valence-electron chi connectivity index (χ0n) is 14.8. The summed E-state index contributed by atoms with van der Waals surface area (Å²) in [4.78, 5) is 0. The summed E-state index contributed by atoms with van der Waals surface area (Å²) in [5, 5.41) is 0. The molecule has 0 bridgehead atoms. The molecule has 1 saturated carbocycles. The van der Waals surface area contributed by atoms with Crippen LogP contribution in [-0.4, -0.2) is 0 Å². The highest BCUT2D eigenvalue weighted by atomic mass is 14.5. The van der Waals surface area contributed by atoms with Gasteiger partial charge in [0.15, 0.2) is 0 Å². The van der Waals surface area contributed by atoms with Crippen molar-refractivity contribution in [3.8, 4) is 0 Å². The predicted molar refractivity (Wildman–Crippen MR) is 104 cm³/mol. The van der Waals surface area contributed by atoms with Gasteiger partial charge in [-0.1, -0.05) is 50.5 Å². The molecule has 0 saturated heterocycles. The molecule has 2 nitrogen and oxygen atoms in total. The second kappa shape index (κ2) is 7.29. The lowest BCUT2D eigenvalue weighted by Crippen LogP contribution is -2.35. The zero-order chi connectivity index (χ0) is 17.0. The molecule has 0 aliphatic heterocycles. The van der Waals surface area contributed by atoms with Gasteiger partial charge in [0, 0.05) is 11.4 Å². The van der Waals surface area contributed by atoms with Gasteiger partial charge < -0.3 is 11.5 Å². The van der Waals surface area contributed by atoms with E-state index in [1.54, 1.807) is 0 Å². The van der Waals surface area contributed by atoms with Crippen molar-refractivity contribution < 1.29 is 0 Å². The average Bonchev–Trinajstić information content (AvgIpc) is 2.60. The van der Waals surface area contributed by atoms with Crippen LogP contribution in [0.1, 0.15) is 50.2 Å². The van der Waals surface area contributed by atoms with Crippen LogP contribution in [0.5, 0.6) is 0 Å². The van der Waals surface area contributed by atoms with Gasteiger partial charge in [0.05, 0.1) is 0 Å². The Bertz CT molecular complexity index is 637. The van der Waals surface area contributed by atoms with Crippen molar-refractivity contribution >= 4 is 11.4 Å². The average molecular weight is 322 g/mol. The van der Waals surface area contributed by atoms with Gasteiger partial charge in [-0.15, -0.1) is 0 Å². The topological polar surface area (TPSA) is 52.0 Å². The standard InChI is InChI=1S/C22H30N2/c1-17(15-18-5-9-20(23)10-6-18)22(13-3-2-4-14-22)16-19-7-11-21(24)12-8-19/h5-12,17H,2-4,13-16,23-24H2,1H3. The summed E-state index contributed by atoms with van der Waals surface area (Å²) in [6.07, 6.45) is 9.10. The minimum Gasteiger partial charge on any atom is -0.399 e. The van der Waals surface area contributed by atoms with Gasteiger partial charge in [-0.3, -0.25) is 0 Å². The molecule has 2 aromatic carbocycles. The summed E-state index contributed by atoms with van der Waals surface area (Å²) in [5.41, 5.74) is 16.6. The molecule has 1 unspecified atom stereocenters. The Hall–Kier alpha value is -1.96. The van der Waals surface area contributed by atoms with Crippen LogP contribution >= 0.6 is 0 Å². The summed E-state index contributed by atoms with van der Waals surface area (Å²) < 4.78 is 0. The molecular weight excluding hydrogens is 292 g/mol. The largest absolute Gasteiger partial charge is 0.399 e. The van der Waals surface area contributed by atoms with Crippen molar-refractivity contribution in [2.24, 2.45) is 11.3 Å². The second-order valence-electron chi connectivity index (χ2n) is 7.69. The van der Waals surface area contributed by atoms with E-state index in [1.807, 2.05) is 24.3 Å². The summed E-state index contributed by atoms with van der Waals surface area (Å²) in [5.74, 6) is 0.666. The molecule has 2 aromatic rings. The Balaban J connectivity index is 1.78. The van der Waals surface area contributed by atoms with E-state index in [0.717, 1.165) is 17.8 Å². The first-order chi connectivity index (χ1) is 11.6.